The minimum atomic E-state index is 0.596. The molecule has 2 N–H and O–H groups in total. The summed E-state index contributed by atoms with van der Waals surface area (Å²) in [5.74, 6) is 2.11. The fourth-order valence-corrected chi connectivity index (χ4v) is 2.67. The van der Waals surface area contributed by atoms with E-state index >= 15 is 0 Å². The van der Waals surface area contributed by atoms with Crippen LogP contribution in [0, 0.1) is 6.92 Å². The number of methoxy groups -OCH3 is 1. The van der Waals surface area contributed by atoms with Gasteiger partial charge in [0.2, 0.25) is 0 Å². The van der Waals surface area contributed by atoms with Gasteiger partial charge in [-0.2, -0.15) is 0 Å². The van der Waals surface area contributed by atoms with Crippen LogP contribution in [0.2, 0.25) is 0 Å². The fourth-order valence-electron chi connectivity index (χ4n) is 2.67. The van der Waals surface area contributed by atoms with Gasteiger partial charge in [0.1, 0.15) is 0 Å². The van der Waals surface area contributed by atoms with Gasteiger partial charge in [-0.3, -0.25) is 4.99 Å². The molecule has 0 amide bonds. The zero-order valence-electron chi connectivity index (χ0n) is 17.1. The van der Waals surface area contributed by atoms with Crippen LogP contribution >= 0.6 is 0 Å². The van der Waals surface area contributed by atoms with Gasteiger partial charge in [0.25, 0.3) is 0 Å². The molecule has 0 aliphatic heterocycles. The second-order valence-electron chi connectivity index (χ2n) is 6.35. The molecule has 0 heterocycles. The largest absolute Gasteiger partial charge is 0.493 e. The molecule has 0 saturated carbocycles. The van der Waals surface area contributed by atoms with Gasteiger partial charge < -0.3 is 25.0 Å². The topological polar surface area (TPSA) is 58.1 Å². The Balaban J connectivity index is 2.04. The van der Waals surface area contributed by atoms with Gasteiger partial charge in [-0.25, -0.2) is 0 Å². The molecule has 146 valence electrons. The molecule has 2 aromatic carbocycles. The lowest BCUT2D eigenvalue weighted by atomic mass is 10.1. The average molecular weight is 370 g/mol. The van der Waals surface area contributed by atoms with Crippen molar-refractivity contribution in [3.05, 3.63) is 47.5 Å². The molecule has 0 bridgehead atoms. The van der Waals surface area contributed by atoms with Gasteiger partial charge in [-0.1, -0.05) is 6.07 Å². The second kappa shape index (κ2) is 9.71. The molecule has 6 heteroatoms. The van der Waals surface area contributed by atoms with Crippen LogP contribution in [-0.4, -0.2) is 40.8 Å². The summed E-state index contributed by atoms with van der Waals surface area (Å²) >= 11 is 0. The van der Waals surface area contributed by atoms with Crippen LogP contribution in [0.15, 0.2) is 41.4 Å². The number of rotatable bonds is 7. The molecule has 0 spiro atoms. The number of anilines is 2. The van der Waals surface area contributed by atoms with Crippen molar-refractivity contribution in [2.45, 2.75) is 20.4 Å². The average Bonchev–Trinajstić information content (AvgIpc) is 2.66. The number of nitrogens with one attached hydrogen (secondary N) is 2. The van der Waals surface area contributed by atoms with E-state index in [9.17, 15) is 0 Å². The minimum absolute atomic E-state index is 0.596. The number of hydrogen-bond donors (Lipinski definition) is 2. The van der Waals surface area contributed by atoms with E-state index in [2.05, 4.69) is 45.6 Å². The summed E-state index contributed by atoms with van der Waals surface area (Å²) in [5.41, 5.74) is 4.54. The third-order valence-electron chi connectivity index (χ3n) is 4.24. The normalized spacial score (nSPS) is 11.1. The Labute approximate surface area is 162 Å². The SMILES string of the molecule is CCOc1ccc(NC(=NC)NCc2ccc(N(C)C)cc2C)cc1OC. The maximum Gasteiger partial charge on any atom is 0.195 e. The summed E-state index contributed by atoms with van der Waals surface area (Å²) in [5, 5.41) is 6.64. The smallest absolute Gasteiger partial charge is 0.195 e. The molecular weight excluding hydrogens is 340 g/mol. The van der Waals surface area contributed by atoms with Crippen molar-refractivity contribution in [2.75, 3.05) is 45.1 Å². The van der Waals surface area contributed by atoms with Crippen LogP contribution in [0.5, 0.6) is 11.5 Å². The van der Waals surface area contributed by atoms with E-state index in [1.54, 1.807) is 14.2 Å². The molecule has 0 aliphatic rings. The molecule has 0 fully saturated rings. The summed E-state index contributed by atoms with van der Waals surface area (Å²) in [7, 11) is 7.48. The van der Waals surface area contributed by atoms with Crippen molar-refractivity contribution < 1.29 is 9.47 Å². The van der Waals surface area contributed by atoms with E-state index in [-0.39, 0.29) is 0 Å². The van der Waals surface area contributed by atoms with Crippen molar-refractivity contribution in [1.82, 2.24) is 5.32 Å². The summed E-state index contributed by atoms with van der Waals surface area (Å²) < 4.78 is 11.0. The van der Waals surface area contributed by atoms with Gasteiger partial charge >= 0.3 is 0 Å². The monoisotopic (exact) mass is 370 g/mol. The Morgan fingerprint density at radius 1 is 1.11 bits per heavy atom. The summed E-state index contributed by atoms with van der Waals surface area (Å²) in [6.45, 7) is 5.35. The lowest BCUT2D eigenvalue weighted by Gasteiger charge is -2.17. The first kappa shape index (κ1) is 20.4. The Kier molecular flexibility index (Phi) is 7.34. The van der Waals surface area contributed by atoms with Gasteiger partial charge in [-0.05, 0) is 49.2 Å². The quantitative estimate of drug-likeness (QED) is 0.575. The molecule has 2 rings (SSSR count). The lowest BCUT2D eigenvalue weighted by Crippen LogP contribution is -2.30. The summed E-state index contributed by atoms with van der Waals surface area (Å²) in [6.07, 6.45) is 0. The van der Waals surface area contributed by atoms with Crippen LogP contribution in [-0.2, 0) is 6.54 Å². The third-order valence-corrected chi connectivity index (χ3v) is 4.24. The Morgan fingerprint density at radius 2 is 1.89 bits per heavy atom. The molecule has 2 aromatic rings. The fraction of sp³-hybridized carbons (Fsp3) is 0.381. The molecule has 27 heavy (non-hydrogen) atoms. The zero-order valence-corrected chi connectivity index (χ0v) is 17.1. The van der Waals surface area contributed by atoms with Crippen molar-refractivity contribution in [3.8, 4) is 11.5 Å². The van der Waals surface area contributed by atoms with Crippen LogP contribution in [0.4, 0.5) is 11.4 Å². The van der Waals surface area contributed by atoms with Gasteiger partial charge in [-0.15, -0.1) is 0 Å². The summed E-state index contributed by atoms with van der Waals surface area (Å²) in [4.78, 5) is 6.40. The van der Waals surface area contributed by atoms with E-state index in [0.29, 0.717) is 24.9 Å². The first-order chi connectivity index (χ1) is 13.0. The highest BCUT2D eigenvalue weighted by atomic mass is 16.5. The lowest BCUT2D eigenvalue weighted by molar-refractivity contribution is 0.311. The van der Waals surface area contributed by atoms with E-state index in [0.717, 1.165) is 11.4 Å². The van der Waals surface area contributed by atoms with Crippen molar-refractivity contribution in [2.24, 2.45) is 4.99 Å². The maximum atomic E-state index is 5.56. The number of guanidine groups is 1. The molecule has 0 radical (unpaired) electrons. The predicted molar refractivity (Wildman–Crippen MR) is 113 cm³/mol. The van der Waals surface area contributed by atoms with Crippen molar-refractivity contribution >= 4 is 17.3 Å². The zero-order chi connectivity index (χ0) is 19.8. The second-order valence-corrected chi connectivity index (χ2v) is 6.35. The summed E-state index contributed by atoms with van der Waals surface area (Å²) in [6, 6.07) is 12.2. The van der Waals surface area contributed by atoms with E-state index < -0.39 is 0 Å². The van der Waals surface area contributed by atoms with Crippen molar-refractivity contribution in [1.29, 1.82) is 0 Å². The molecule has 6 nitrogen and oxygen atoms in total. The number of benzene rings is 2. The highest BCUT2D eigenvalue weighted by Gasteiger charge is 2.08. The van der Waals surface area contributed by atoms with Gasteiger partial charge in [0.05, 0.1) is 13.7 Å². The molecule has 0 saturated heterocycles. The van der Waals surface area contributed by atoms with Crippen LogP contribution in [0.1, 0.15) is 18.1 Å². The van der Waals surface area contributed by atoms with Crippen molar-refractivity contribution in [3.63, 3.8) is 0 Å². The minimum Gasteiger partial charge on any atom is -0.493 e. The van der Waals surface area contributed by atoms with Crippen LogP contribution in [0.25, 0.3) is 0 Å². The third kappa shape index (κ3) is 5.54. The number of ether oxygens (including phenoxy) is 2. The van der Waals surface area contributed by atoms with E-state index in [4.69, 9.17) is 9.47 Å². The molecule has 0 aromatic heterocycles. The van der Waals surface area contributed by atoms with Crippen LogP contribution in [0.3, 0.4) is 0 Å². The first-order valence-corrected chi connectivity index (χ1v) is 9.03. The van der Waals surface area contributed by atoms with Crippen LogP contribution < -0.4 is 25.0 Å². The first-order valence-electron chi connectivity index (χ1n) is 9.03. The molecule has 0 atom stereocenters. The molecule has 0 unspecified atom stereocenters. The number of hydrogen-bond acceptors (Lipinski definition) is 4. The maximum absolute atomic E-state index is 5.56. The molecular formula is C21H30N4O2. The highest BCUT2D eigenvalue weighted by molar-refractivity contribution is 5.93. The predicted octanol–water partition coefficient (Wildman–Crippen LogP) is 3.66. The van der Waals surface area contributed by atoms with E-state index in [1.807, 2.05) is 39.2 Å². The molecule has 0 aliphatic carbocycles. The number of nitrogens with zero attached hydrogens (tertiary/aromatic N) is 2. The Bertz CT molecular complexity index is 788. The Hall–Kier alpha value is -2.89. The highest BCUT2D eigenvalue weighted by Crippen LogP contribution is 2.30. The number of aryl methyl sites for hydroxylation is 1. The Morgan fingerprint density at radius 3 is 2.48 bits per heavy atom. The van der Waals surface area contributed by atoms with E-state index in [1.165, 1.54) is 16.8 Å². The van der Waals surface area contributed by atoms with Gasteiger partial charge in [0, 0.05) is 45.1 Å². The standard InChI is InChI=1S/C21H30N4O2/c1-7-27-19-11-9-17(13-20(19)26-6)24-21(22-3)23-14-16-8-10-18(25(4)5)12-15(16)2/h8-13H,7,14H2,1-6H3,(H2,22,23,24). The number of aliphatic imine (C=N–C) groups is 1. The van der Waals surface area contributed by atoms with Gasteiger partial charge in [0.15, 0.2) is 17.5 Å².